The van der Waals surface area contributed by atoms with Crippen molar-refractivity contribution in [2.75, 3.05) is 13.2 Å². The zero-order valence-corrected chi connectivity index (χ0v) is 10.1. The van der Waals surface area contributed by atoms with Gasteiger partial charge in [-0.25, -0.2) is 4.79 Å². The Morgan fingerprint density at radius 3 is 2.61 bits per heavy atom. The molecule has 0 aliphatic heterocycles. The van der Waals surface area contributed by atoms with Crippen molar-refractivity contribution in [2.45, 2.75) is 6.92 Å². The summed E-state index contributed by atoms with van der Waals surface area (Å²) in [6.45, 7) is 4.50. The molecule has 96 valence electrons. The SMILES string of the molecule is C#C/C(=C\C=C(/C)C=C)NC(=O)COCC(=O)O. The first-order valence-electron chi connectivity index (χ1n) is 5.06. The molecule has 0 unspecified atom stereocenters. The van der Waals surface area contributed by atoms with Crippen molar-refractivity contribution >= 4 is 11.9 Å². The van der Waals surface area contributed by atoms with E-state index in [2.05, 4.69) is 22.6 Å². The van der Waals surface area contributed by atoms with Crippen LogP contribution < -0.4 is 5.32 Å². The number of ether oxygens (including phenoxy) is 1. The van der Waals surface area contributed by atoms with Gasteiger partial charge in [-0.15, -0.1) is 6.42 Å². The lowest BCUT2D eigenvalue weighted by Gasteiger charge is -2.03. The largest absolute Gasteiger partial charge is 0.480 e. The zero-order chi connectivity index (χ0) is 14.0. The molecule has 0 fully saturated rings. The molecule has 5 heteroatoms. The highest BCUT2D eigenvalue weighted by atomic mass is 16.5. The number of terminal acetylenes is 1. The van der Waals surface area contributed by atoms with Crippen LogP contribution in [0.25, 0.3) is 0 Å². The van der Waals surface area contributed by atoms with E-state index in [4.69, 9.17) is 11.5 Å². The molecule has 0 aromatic rings. The Kier molecular flexibility index (Phi) is 7.66. The van der Waals surface area contributed by atoms with Crippen LogP contribution in [0.4, 0.5) is 0 Å². The number of nitrogens with one attached hydrogen (secondary N) is 1. The van der Waals surface area contributed by atoms with Crippen LogP contribution in [-0.4, -0.2) is 30.2 Å². The summed E-state index contributed by atoms with van der Waals surface area (Å²) in [5.74, 6) is 0.642. The molecule has 5 nitrogen and oxygen atoms in total. The molecular formula is C13H15NO4. The standard InChI is InChI=1S/C13H15NO4/c1-4-10(3)6-7-11(5-2)14-12(15)8-18-9-13(16)17/h2,4,6-7H,1,8-9H2,3H3,(H,14,15)(H,16,17)/b10-6+,11-7+. The number of carbonyl (C=O) groups is 2. The maximum absolute atomic E-state index is 11.3. The molecular weight excluding hydrogens is 234 g/mol. The van der Waals surface area contributed by atoms with Crippen molar-refractivity contribution in [1.29, 1.82) is 0 Å². The highest BCUT2D eigenvalue weighted by molar-refractivity contribution is 5.80. The molecule has 1 amide bonds. The smallest absolute Gasteiger partial charge is 0.329 e. The van der Waals surface area contributed by atoms with Crippen molar-refractivity contribution < 1.29 is 19.4 Å². The van der Waals surface area contributed by atoms with Crippen LogP contribution in [0, 0.1) is 12.3 Å². The third kappa shape index (κ3) is 7.91. The van der Waals surface area contributed by atoms with Gasteiger partial charge in [-0.1, -0.05) is 30.2 Å². The van der Waals surface area contributed by atoms with Gasteiger partial charge >= 0.3 is 5.97 Å². The molecule has 0 aliphatic rings. The van der Waals surface area contributed by atoms with Crippen molar-refractivity contribution in [3.8, 4) is 12.3 Å². The molecule has 0 radical (unpaired) electrons. The van der Waals surface area contributed by atoms with Gasteiger partial charge in [0.15, 0.2) is 0 Å². The maximum atomic E-state index is 11.3. The van der Waals surface area contributed by atoms with E-state index in [-0.39, 0.29) is 12.3 Å². The van der Waals surface area contributed by atoms with Gasteiger partial charge in [0, 0.05) is 0 Å². The normalized spacial score (nSPS) is 11.6. The lowest BCUT2D eigenvalue weighted by molar-refractivity contribution is -0.143. The predicted octanol–water partition coefficient (Wildman–Crippen LogP) is 0.853. The van der Waals surface area contributed by atoms with E-state index >= 15 is 0 Å². The van der Waals surface area contributed by atoms with Crippen LogP contribution in [0.1, 0.15) is 6.92 Å². The lowest BCUT2D eigenvalue weighted by Crippen LogP contribution is -2.27. The second kappa shape index (κ2) is 8.79. The third-order valence-electron chi connectivity index (χ3n) is 1.72. The number of aliphatic carboxylic acids is 1. The molecule has 0 rings (SSSR count). The Morgan fingerprint density at radius 1 is 1.44 bits per heavy atom. The van der Waals surface area contributed by atoms with Gasteiger partial charge < -0.3 is 15.2 Å². The van der Waals surface area contributed by atoms with Crippen molar-refractivity contribution in [3.63, 3.8) is 0 Å². The van der Waals surface area contributed by atoms with Crippen LogP contribution in [0.15, 0.2) is 36.1 Å². The van der Waals surface area contributed by atoms with E-state index in [0.29, 0.717) is 0 Å². The summed E-state index contributed by atoms with van der Waals surface area (Å²) in [4.78, 5) is 21.5. The number of hydrogen-bond acceptors (Lipinski definition) is 3. The highest BCUT2D eigenvalue weighted by Crippen LogP contribution is 1.96. The minimum Gasteiger partial charge on any atom is -0.480 e. The van der Waals surface area contributed by atoms with Crippen LogP contribution >= 0.6 is 0 Å². The number of hydrogen-bond donors (Lipinski definition) is 2. The van der Waals surface area contributed by atoms with Crippen LogP contribution in [0.3, 0.4) is 0 Å². The molecule has 0 heterocycles. The van der Waals surface area contributed by atoms with Crippen LogP contribution in [0.5, 0.6) is 0 Å². The minimum absolute atomic E-state index is 0.264. The van der Waals surface area contributed by atoms with Gasteiger partial charge in [-0.05, 0) is 13.0 Å². The predicted molar refractivity (Wildman–Crippen MR) is 67.5 cm³/mol. The average Bonchev–Trinajstić information content (AvgIpc) is 2.33. The van der Waals surface area contributed by atoms with Crippen molar-refractivity contribution in [1.82, 2.24) is 5.32 Å². The summed E-state index contributed by atoms with van der Waals surface area (Å²) in [7, 11) is 0. The van der Waals surface area contributed by atoms with Gasteiger partial charge in [0.1, 0.15) is 13.2 Å². The Balaban J connectivity index is 4.30. The topological polar surface area (TPSA) is 75.6 Å². The Hall–Kier alpha value is -2.32. The minimum atomic E-state index is -1.14. The van der Waals surface area contributed by atoms with E-state index in [9.17, 15) is 9.59 Å². The average molecular weight is 249 g/mol. The summed E-state index contributed by atoms with van der Waals surface area (Å²) in [6, 6.07) is 0. The summed E-state index contributed by atoms with van der Waals surface area (Å²) in [5, 5.41) is 10.7. The van der Waals surface area contributed by atoms with Crippen LogP contribution in [0.2, 0.25) is 0 Å². The van der Waals surface area contributed by atoms with E-state index in [1.54, 1.807) is 18.2 Å². The number of carboxylic acid groups (broad SMARTS) is 1. The van der Waals surface area contributed by atoms with Gasteiger partial charge in [0.2, 0.25) is 0 Å². The molecule has 0 atom stereocenters. The first-order valence-corrected chi connectivity index (χ1v) is 5.06. The number of rotatable bonds is 7. The maximum Gasteiger partial charge on any atom is 0.329 e. The summed E-state index contributed by atoms with van der Waals surface area (Å²) < 4.78 is 4.61. The summed E-state index contributed by atoms with van der Waals surface area (Å²) in [6.07, 6.45) is 10.1. The first-order chi connectivity index (χ1) is 8.49. The quantitative estimate of drug-likeness (QED) is 0.518. The molecule has 2 N–H and O–H groups in total. The number of amides is 1. The van der Waals surface area contributed by atoms with E-state index in [1.807, 2.05) is 6.92 Å². The lowest BCUT2D eigenvalue weighted by atomic mass is 10.2. The Morgan fingerprint density at radius 2 is 2.11 bits per heavy atom. The zero-order valence-electron chi connectivity index (χ0n) is 10.1. The summed E-state index contributed by atoms with van der Waals surface area (Å²) in [5.41, 5.74) is 1.15. The molecule has 0 saturated heterocycles. The van der Waals surface area contributed by atoms with E-state index < -0.39 is 18.5 Å². The summed E-state index contributed by atoms with van der Waals surface area (Å²) >= 11 is 0. The fourth-order valence-corrected chi connectivity index (χ4v) is 0.826. The fraction of sp³-hybridized carbons (Fsp3) is 0.231. The molecule has 0 aromatic carbocycles. The van der Waals surface area contributed by atoms with Crippen molar-refractivity contribution in [2.24, 2.45) is 0 Å². The molecule has 0 saturated carbocycles. The van der Waals surface area contributed by atoms with Crippen molar-refractivity contribution in [3.05, 3.63) is 36.1 Å². The number of carboxylic acids is 1. The third-order valence-corrected chi connectivity index (χ3v) is 1.72. The number of allylic oxidation sites excluding steroid dienone is 5. The van der Waals surface area contributed by atoms with Gasteiger partial charge in [-0.3, -0.25) is 4.79 Å². The van der Waals surface area contributed by atoms with Gasteiger partial charge in [0.25, 0.3) is 5.91 Å². The van der Waals surface area contributed by atoms with E-state index in [0.717, 1.165) is 5.57 Å². The fourth-order valence-electron chi connectivity index (χ4n) is 0.826. The monoisotopic (exact) mass is 249 g/mol. The van der Waals surface area contributed by atoms with Gasteiger partial charge in [-0.2, -0.15) is 0 Å². The molecule has 0 spiro atoms. The van der Waals surface area contributed by atoms with Crippen LogP contribution in [-0.2, 0) is 14.3 Å². The second-order valence-corrected chi connectivity index (χ2v) is 3.27. The number of carbonyl (C=O) groups excluding carboxylic acids is 1. The highest BCUT2D eigenvalue weighted by Gasteiger charge is 2.04. The Labute approximate surface area is 106 Å². The molecule has 0 bridgehead atoms. The Bertz CT molecular complexity index is 427. The van der Waals surface area contributed by atoms with Gasteiger partial charge in [0.05, 0.1) is 5.70 Å². The molecule has 0 aromatic heterocycles. The molecule has 0 aliphatic carbocycles. The first kappa shape index (κ1) is 15.7. The molecule has 18 heavy (non-hydrogen) atoms. The second-order valence-electron chi connectivity index (χ2n) is 3.27. The van der Waals surface area contributed by atoms with E-state index in [1.165, 1.54) is 0 Å².